The maximum absolute atomic E-state index is 12.6. The van der Waals surface area contributed by atoms with Crippen LogP contribution in [0.3, 0.4) is 0 Å². The van der Waals surface area contributed by atoms with Gasteiger partial charge in [0.05, 0.1) is 13.5 Å². The lowest BCUT2D eigenvalue weighted by atomic mass is 10.0. The second-order valence-corrected chi connectivity index (χ2v) is 5.69. The first-order valence-electron chi connectivity index (χ1n) is 8.20. The summed E-state index contributed by atoms with van der Waals surface area (Å²) in [6.07, 6.45) is 0.120. The molecule has 0 fully saturated rings. The summed E-state index contributed by atoms with van der Waals surface area (Å²) in [6, 6.07) is 23.3. The lowest BCUT2D eigenvalue weighted by molar-refractivity contribution is -0.139. The molecule has 0 spiro atoms. The monoisotopic (exact) mass is 346 g/mol. The molecule has 0 unspecified atom stereocenters. The average Bonchev–Trinajstić information content (AvgIpc) is 2.69. The van der Waals surface area contributed by atoms with Crippen molar-refractivity contribution in [2.75, 3.05) is 7.11 Å². The number of carbonyl (C=O) groups is 2. The van der Waals surface area contributed by atoms with E-state index < -0.39 is 0 Å². The van der Waals surface area contributed by atoms with Crippen LogP contribution in [-0.2, 0) is 16.0 Å². The number of hydrogen-bond donors (Lipinski definition) is 0. The third-order valence-corrected chi connectivity index (χ3v) is 3.90. The van der Waals surface area contributed by atoms with Gasteiger partial charge in [-0.2, -0.15) is 0 Å². The minimum atomic E-state index is -0.339. The van der Waals surface area contributed by atoms with Crippen LogP contribution in [0.4, 0.5) is 0 Å². The molecule has 3 aromatic rings. The standard InChI is InChI=1S/C22H18O4/c1-25-21(23)15-17-10-5-6-13-20(17)26-19-12-7-11-18(14-19)22(24)16-8-3-2-4-9-16/h2-14H,15H2,1H3. The predicted octanol–water partition coefficient (Wildman–Crippen LogP) is 4.43. The number of benzene rings is 3. The van der Waals surface area contributed by atoms with Gasteiger partial charge in [-0.25, -0.2) is 0 Å². The second kappa shape index (κ2) is 8.12. The molecule has 4 nitrogen and oxygen atoms in total. The third kappa shape index (κ3) is 4.16. The quantitative estimate of drug-likeness (QED) is 0.489. The molecule has 0 amide bonds. The number of esters is 1. The Hall–Kier alpha value is -3.40. The van der Waals surface area contributed by atoms with Crippen molar-refractivity contribution in [3.8, 4) is 11.5 Å². The number of ether oxygens (including phenoxy) is 2. The summed E-state index contributed by atoms with van der Waals surface area (Å²) in [5.74, 6) is 0.680. The molecule has 4 heteroatoms. The summed E-state index contributed by atoms with van der Waals surface area (Å²) < 4.78 is 10.6. The molecule has 26 heavy (non-hydrogen) atoms. The summed E-state index contributed by atoms with van der Waals surface area (Å²) in [5, 5.41) is 0. The Kier molecular flexibility index (Phi) is 5.44. The molecule has 0 bridgehead atoms. The van der Waals surface area contributed by atoms with Gasteiger partial charge in [0.25, 0.3) is 0 Å². The van der Waals surface area contributed by atoms with Crippen molar-refractivity contribution in [2.45, 2.75) is 6.42 Å². The van der Waals surface area contributed by atoms with E-state index in [2.05, 4.69) is 0 Å². The Balaban J connectivity index is 1.84. The summed E-state index contributed by atoms with van der Waals surface area (Å²) >= 11 is 0. The van der Waals surface area contributed by atoms with Crippen LogP contribution in [0.15, 0.2) is 78.9 Å². The molecule has 3 rings (SSSR count). The van der Waals surface area contributed by atoms with Gasteiger partial charge in [-0.1, -0.05) is 60.7 Å². The largest absolute Gasteiger partial charge is 0.469 e. The highest BCUT2D eigenvalue weighted by Gasteiger charge is 2.12. The van der Waals surface area contributed by atoms with Gasteiger partial charge in [-0.15, -0.1) is 0 Å². The number of para-hydroxylation sites is 1. The van der Waals surface area contributed by atoms with Gasteiger partial charge in [-0.05, 0) is 18.2 Å². The van der Waals surface area contributed by atoms with Crippen molar-refractivity contribution in [3.63, 3.8) is 0 Å². The molecule has 0 N–H and O–H groups in total. The summed E-state index contributed by atoms with van der Waals surface area (Å²) in [6.45, 7) is 0. The van der Waals surface area contributed by atoms with E-state index in [1.54, 1.807) is 42.5 Å². The first-order valence-corrected chi connectivity index (χ1v) is 8.20. The minimum absolute atomic E-state index is 0.0705. The van der Waals surface area contributed by atoms with Crippen molar-refractivity contribution in [1.82, 2.24) is 0 Å². The summed E-state index contributed by atoms with van der Waals surface area (Å²) in [4.78, 5) is 24.1. The second-order valence-electron chi connectivity index (χ2n) is 5.69. The zero-order valence-electron chi connectivity index (χ0n) is 14.3. The van der Waals surface area contributed by atoms with Crippen LogP contribution in [-0.4, -0.2) is 18.9 Å². The fraction of sp³-hybridized carbons (Fsp3) is 0.0909. The Morgan fingerprint density at radius 2 is 1.50 bits per heavy atom. The van der Waals surface area contributed by atoms with E-state index in [1.165, 1.54) is 7.11 Å². The van der Waals surface area contributed by atoms with Gasteiger partial charge in [0.2, 0.25) is 0 Å². The molecular formula is C22H18O4. The third-order valence-electron chi connectivity index (χ3n) is 3.90. The van der Waals surface area contributed by atoms with Crippen LogP contribution in [0.5, 0.6) is 11.5 Å². The minimum Gasteiger partial charge on any atom is -0.469 e. The van der Waals surface area contributed by atoms with Crippen molar-refractivity contribution < 1.29 is 19.1 Å². The van der Waals surface area contributed by atoms with Crippen LogP contribution in [0, 0.1) is 0 Å². The number of hydrogen-bond acceptors (Lipinski definition) is 4. The van der Waals surface area contributed by atoms with Gasteiger partial charge in [0.1, 0.15) is 11.5 Å². The molecule has 0 aliphatic carbocycles. The maximum atomic E-state index is 12.6. The van der Waals surface area contributed by atoms with Crippen molar-refractivity contribution >= 4 is 11.8 Å². The van der Waals surface area contributed by atoms with Gasteiger partial charge in [-0.3, -0.25) is 9.59 Å². The van der Waals surface area contributed by atoms with E-state index in [0.29, 0.717) is 22.6 Å². The molecule has 0 saturated heterocycles. The van der Waals surface area contributed by atoms with E-state index in [-0.39, 0.29) is 18.2 Å². The first-order chi connectivity index (χ1) is 12.7. The predicted molar refractivity (Wildman–Crippen MR) is 98.6 cm³/mol. The van der Waals surface area contributed by atoms with Crippen LogP contribution < -0.4 is 4.74 Å². The zero-order chi connectivity index (χ0) is 18.4. The maximum Gasteiger partial charge on any atom is 0.310 e. The summed E-state index contributed by atoms with van der Waals surface area (Å²) in [5.41, 5.74) is 1.88. The van der Waals surface area contributed by atoms with Crippen LogP contribution in [0.25, 0.3) is 0 Å². The Bertz CT molecular complexity index is 916. The Morgan fingerprint density at radius 1 is 0.808 bits per heavy atom. The van der Waals surface area contributed by atoms with Gasteiger partial charge in [0.15, 0.2) is 5.78 Å². The topological polar surface area (TPSA) is 52.6 Å². The van der Waals surface area contributed by atoms with E-state index in [4.69, 9.17) is 9.47 Å². The molecule has 0 aliphatic heterocycles. The Labute approximate surface area is 152 Å². The smallest absolute Gasteiger partial charge is 0.310 e. The van der Waals surface area contributed by atoms with Crippen LogP contribution in [0.1, 0.15) is 21.5 Å². The number of methoxy groups -OCH3 is 1. The lowest BCUT2D eigenvalue weighted by Gasteiger charge is -2.11. The van der Waals surface area contributed by atoms with Crippen molar-refractivity contribution in [1.29, 1.82) is 0 Å². The fourth-order valence-electron chi connectivity index (χ4n) is 2.56. The van der Waals surface area contributed by atoms with E-state index in [1.807, 2.05) is 36.4 Å². The van der Waals surface area contributed by atoms with Crippen molar-refractivity contribution in [2.24, 2.45) is 0 Å². The zero-order valence-corrected chi connectivity index (χ0v) is 14.3. The molecule has 0 heterocycles. The molecule has 0 atom stereocenters. The molecule has 0 aliphatic rings. The SMILES string of the molecule is COC(=O)Cc1ccccc1Oc1cccc(C(=O)c2ccccc2)c1. The normalized spacial score (nSPS) is 10.2. The van der Waals surface area contributed by atoms with E-state index in [0.717, 1.165) is 5.56 Å². The summed E-state index contributed by atoms with van der Waals surface area (Å²) in [7, 11) is 1.35. The molecule has 0 saturated carbocycles. The van der Waals surface area contributed by atoms with Gasteiger partial charge >= 0.3 is 5.97 Å². The number of rotatable bonds is 6. The fourth-order valence-corrected chi connectivity index (χ4v) is 2.56. The van der Waals surface area contributed by atoms with E-state index >= 15 is 0 Å². The van der Waals surface area contributed by atoms with Crippen LogP contribution >= 0.6 is 0 Å². The molecule has 0 aromatic heterocycles. The van der Waals surface area contributed by atoms with E-state index in [9.17, 15) is 9.59 Å². The van der Waals surface area contributed by atoms with Crippen LogP contribution in [0.2, 0.25) is 0 Å². The molecule has 3 aromatic carbocycles. The highest BCUT2D eigenvalue weighted by molar-refractivity contribution is 6.09. The number of carbonyl (C=O) groups excluding carboxylic acids is 2. The molecule has 130 valence electrons. The van der Waals surface area contributed by atoms with Gasteiger partial charge in [0, 0.05) is 16.7 Å². The lowest BCUT2D eigenvalue weighted by Crippen LogP contribution is -2.05. The highest BCUT2D eigenvalue weighted by Crippen LogP contribution is 2.27. The first kappa shape index (κ1) is 17.4. The van der Waals surface area contributed by atoms with Gasteiger partial charge < -0.3 is 9.47 Å². The molecule has 0 radical (unpaired) electrons. The van der Waals surface area contributed by atoms with Crippen molar-refractivity contribution in [3.05, 3.63) is 95.6 Å². The highest BCUT2D eigenvalue weighted by atomic mass is 16.5. The average molecular weight is 346 g/mol. The molecular weight excluding hydrogens is 328 g/mol. The number of ketones is 1. The Morgan fingerprint density at radius 3 is 2.27 bits per heavy atom.